The van der Waals surface area contributed by atoms with Gasteiger partial charge in [0.1, 0.15) is 0 Å². The highest BCUT2D eigenvalue weighted by atomic mass is 16.5. The van der Waals surface area contributed by atoms with Crippen LogP contribution < -0.4 is 15.8 Å². The summed E-state index contributed by atoms with van der Waals surface area (Å²) in [5.41, 5.74) is 1.86. The third-order valence-corrected chi connectivity index (χ3v) is 4.01. The van der Waals surface area contributed by atoms with Crippen LogP contribution in [0.2, 0.25) is 0 Å². The highest BCUT2D eigenvalue weighted by Gasteiger charge is 2.24. The largest absolute Gasteiger partial charge is 0.372 e. The number of para-hydroxylation sites is 2. The Morgan fingerprint density at radius 1 is 1.29 bits per heavy atom. The van der Waals surface area contributed by atoms with E-state index < -0.39 is 0 Å². The molecule has 0 unspecified atom stereocenters. The zero-order valence-corrected chi connectivity index (χ0v) is 13.8. The van der Waals surface area contributed by atoms with E-state index in [-0.39, 0.29) is 30.1 Å². The maximum absolute atomic E-state index is 12.3. The molecule has 1 saturated heterocycles. The van der Waals surface area contributed by atoms with Gasteiger partial charge in [-0.05, 0) is 26.0 Å². The van der Waals surface area contributed by atoms with E-state index in [1.807, 2.05) is 38.1 Å². The summed E-state index contributed by atoms with van der Waals surface area (Å²) in [5, 5.41) is 7.94. The van der Waals surface area contributed by atoms with Crippen molar-refractivity contribution >= 4 is 17.3 Å². The molecule has 0 saturated carbocycles. The molecule has 0 spiro atoms. The fourth-order valence-corrected chi connectivity index (χ4v) is 3.06. The monoisotopic (exact) mass is 330 g/mol. The molecule has 2 heterocycles. The van der Waals surface area contributed by atoms with E-state index in [0.29, 0.717) is 5.56 Å². The number of ether oxygens (including phenoxy) is 1. The molecule has 2 aromatic rings. The summed E-state index contributed by atoms with van der Waals surface area (Å²) in [4.78, 5) is 26.0. The first-order chi connectivity index (χ1) is 11.5. The molecule has 0 radical (unpaired) electrons. The van der Waals surface area contributed by atoms with Gasteiger partial charge in [-0.15, -0.1) is 0 Å². The Bertz CT molecular complexity index is 757. The van der Waals surface area contributed by atoms with Gasteiger partial charge in [0.05, 0.1) is 30.0 Å². The average Bonchev–Trinajstić information content (AvgIpc) is 2.92. The SMILES string of the molecule is C[C@@H]1CN(c2ccccc2NC(=O)Cc2c[nH][nH]c2=O)C[C@H](C)O1. The van der Waals surface area contributed by atoms with Gasteiger partial charge >= 0.3 is 0 Å². The highest BCUT2D eigenvalue weighted by Crippen LogP contribution is 2.28. The number of hydrogen-bond donors (Lipinski definition) is 3. The van der Waals surface area contributed by atoms with Crippen molar-refractivity contribution in [2.75, 3.05) is 23.3 Å². The number of morpholine rings is 1. The van der Waals surface area contributed by atoms with Crippen LogP contribution in [0.25, 0.3) is 0 Å². The number of nitrogens with one attached hydrogen (secondary N) is 3. The minimum absolute atomic E-state index is 0.0308. The fraction of sp³-hybridized carbons (Fsp3) is 0.412. The molecule has 7 nitrogen and oxygen atoms in total. The summed E-state index contributed by atoms with van der Waals surface area (Å²) in [6.45, 7) is 5.63. The van der Waals surface area contributed by atoms with Crippen molar-refractivity contribution < 1.29 is 9.53 Å². The van der Waals surface area contributed by atoms with Crippen molar-refractivity contribution in [3.63, 3.8) is 0 Å². The number of nitrogens with zero attached hydrogens (tertiary/aromatic N) is 1. The smallest absolute Gasteiger partial charge is 0.267 e. The molecule has 1 aliphatic heterocycles. The Labute approximate surface area is 140 Å². The second-order valence-corrected chi connectivity index (χ2v) is 6.17. The van der Waals surface area contributed by atoms with Crippen LogP contribution in [-0.2, 0) is 16.0 Å². The average molecular weight is 330 g/mol. The lowest BCUT2D eigenvalue weighted by atomic mass is 10.1. The summed E-state index contributed by atoms with van der Waals surface area (Å²) >= 11 is 0. The predicted octanol–water partition coefficient (Wildman–Crippen LogP) is 1.50. The summed E-state index contributed by atoms with van der Waals surface area (Å²) in [5.74, 6) is -0.220. The molecule has 3 N–H and O–H groups in total. The molecule has 1 fully saturated rings. The third kappa shape index (κ3) is 3.68. The van der Waals surface area contributed by atoms with Crippen molar-refractivity contribution in [2.45, 2.75) is 32.5 Å². The van der Waals surface area contributed by atoms with Gasteiger partial charge in [-0.2, -0.15) is 0 Å². The van der Waals surface area contributed by atoms with Crippen molar-refractivity contribution in [2.24, 2.45) is 0 Å². The Hall–Kier alpha value is -2.54. The number of anilines is 2. The lowest BCUT2D eigenvalue weighted by molar-refractivity contribution is -0.115. The topological polar surface area (TPSA) is 90.2 Å². The maximum Gasteiger partial charge on any atom is 0.267 e. The Balaban J connectivity index is 1.75. The molecule has 0 aliphatic carbocycles. The van der Waals surface area contributed by atoms with Crippen LogP contribution in [0.1, 0.15) is 19.4 Å². The molecule has 128 valence electrons. The molecule has 1 amide bonds. The molecule has 1 aromatic heterocycles. The summed E-state index contributed by atoms with van der Waals surface area (Å²) in [7, 11) is 0. The number of carbonyl (C=O) groups excluding carboxylic acids is 1. The molecule has 24 heavy (non-hydrogen) atoms. The third-order valence-electron chi connectivity index (χ3n) is 4.01. The van der Waals surface area contributed by atoms with E-state index in [1.165, 1.54) is 6.20 Å². The number of H-pyrrole nitrogens is 2. The first-order valence-corrected chi connectivity index (χ1v) is 8.07. The van der Waals surface area contributed by atoms with Crippen LogP contribution in [0.15, 0.2) is 35.3 Å². The normalized spacial score (nSPS) is 20.8. The molecule has 1 aliphatic rings. The number of rotatable bonds is 4. The van der Waals surface area contributed by atoms with E-state index in [2.05, 4.69) is 20.4 Å². The van der Waals surface area contributed by atoms with Crippen LogP contribution in [0.3, 0.4) is 0 Å². The summed E-state index contributed by atoms with van der Waals surface area (Å²) < 4.78 is 5.77. The van der Waals surface area contributed by atoms with Crippen molar-refractivity contribution in [3.05, 3.63) is 46.4 Å². The van der Waals surface area contributed by atoms with Crippen LogP contribution >= 0.6 is 0 Å². The minimum Gasteiger partial charge on any atom is -0.372 e. The van der Waals surface area contributed by atoms with Gasteiger partial charge in [0.15, 0.2) is 0 Å². The molecular weight excluding hydrogens is 308 g/mol. The van der Waals surface area contributed by atoms with Gasteiger partial charge in [0.25, 0.3) is 5.56 Å². The fourth-order valence-electron chi connectivity index (χ4n) is 3.06. The zero-order chi connectivity index (χ0) is 17.1. The van der Waals surface area contributed by atoms with Gasteiger partial charge in [0.2, 0.25) is 5.91 Å². The number of aromatic amines is 2. The Morgan fingerprint density at radius 2 is 2.00 bits per heavy atom. The number of benzene rings is 1. The first kappa shape index (κ1) is 16.3. The molecule has 0 bridgehead atoms. The van der Waals surface area contributed by atoms with E-state index in [4.69, 9.17) is 4.74 Å². The lowest BCUT2D eigenvalue weighted by Crippen LogP contribution is -2.45. The quantitative estimate of drug-likeness (QED) is 0.792. The standard InChI is InChI=1S/C17H22N4O3/c1-11-9-21(10-12(2)24-11)15-6-4-3-5-14(15)19-16(22)7-13-8-18-20-17(13)23/h3-6,8,11-12H,7,9-10H2,1-2H3,(H,19,22)(H2,18,20,23)/t11-,12+. The second-order valence-electron chi connectivity index (χ2n) is 6.17. The summed E-state index contributed by atoms with van der Waals surface area (Å²) in [6.07, 6.45) is 1.81. The predicted molar refractivity (Wildman–Crippen MR) is 92.4 cm³/mol. The van der Waals surface area contributed by atoms with E-state index >= 15 is 0 Å². The van der Waals surface area contributed by atoms with E-state index in [1.54, 1.807) is 0 Å². The minimum atomic E-state index is -0.269. The van der Waals surface area contributed by atoms with Gasteiger partial charge < -0.3 is 20.1 Å². The Morgan fingerprint density at radius 3 is 2.67 bits per heavy atom. The van der Waals surface area contributed by atoms with Gasteiger partial charge in [0, 0.05) is 24.8 Å². The van der Waals surface area contributed by atoms with Gasteiger partial charge in [-0.3, -0.25) is 14.7 Å². The van der Waals surface area contributed by atoms with Crippen LogP contribution in [0.5, 0.6) is 0 Å². The maximum atomic E-state index is 12.3. The number of amides is 1. The van der Waals surface area contributed by atoms with E-state index in [0.717, 1.165) is 24.5 Å². The molecular formula is C17H22N4O3. The first-order valence-electron chi connectivity index (χ1n) is 8.07. The van der Waals surface area contributed by atoms with Crippen LogP contribution in [0, 0.1) is 0 Å². The van der Waals surface area contributed by atoms with Gasteiger partial charge in [-0.1, -0.05) is 12.1 Å². The molecule has 2 atom stereocenters. The highest BCUT2D eigenvalue weighted by molar-refractivity contribution is 5.95. The molecule has 7 heteroatoms. The van der Waals surface area contributed by atoms with Crippen LogP contribution in [-0.4, -0.2) is 41.4 Å². The summed E-state index contributed by atoms with van der Waals surface area (Å²) in [6, 6.07) is 7.70. The second kappa shape index (κ2) is 6.92. The van der Waals surface area contributed by atoms with Crippen molar-refractivity contribution in [1.82, 2.24) is 10.2 Å². The Kier molecular flexibility index (Phi) is 4.71. The molecule has 3 rings (SSSR count). The van der Waals surface area contributed by atoms with Gasteiger partial charge in [-0.25, -0.2) is 0 Å². The van der Waals surface area contributed by atoms with E-state index in [9.17, 15) is 9.59 Å². The zero-order valence-electron chi connectivity index (χ0n) is 13.8. The van der Waals surface area contributed by atoms with Crippen molar-refractivity contribution in [1.29, 1.82) is 0 Å². The lowest BCUT2D eigenvalue weighted by Gasteiger charge is -2.37. The van der Waals surface area contributed by atoms with Crippen LogP contribution in [0.4, 0.5) is 11.4 Å². The molecule has 1 aromatic carbocycles. The number of carbonyl (C=O) groups is 1. The number of hydrogen-bond acceptors (Lipinski definition) is 4. The number of aromatic nitrogens is 2. The van der Waals surface area contributed by atoms with Crippen molar-refractivity contribution in [3.8, 4) is 0 Å².